The van der Waals surface area contributed by atoms with Crippen LogP contribution in [0.3, 0.4) is 0 Å². The van der Waals surface area contributed by atoms with Gasteiger partial charge in [-0.1, -0.05) is 23.2 Å². The molecule has 1 aromatic carbocycles. The number of rotatable bonds is 4. The Hall–Kier alpha value is -1.86. The van der Waals surface area contributed by atoms with Crippen LogP contribution in [0.25, 0.3) is 0 Å². The van der Waals surface area contributed by atoms with Gasteiger partial charge in [0.05, 0.1) is 9.95 Å². The van der Waals surface area contributed by atoms with Crippen LogP contribution >= 0.6 is 23.2 Å². The van der Waals surface area contributed by atoms with Crippen LogP contribution in [0, 0.1) is 10.1 Å². The summed E-state index contributed by atoms with van der Waals surface area (Å²) in [5.74, 6) is -1.93. The fourth-order valence-corrected chi connectivity index (χ4v) is 1.81. The van der Waals surface area contributed by atoms with Gasteiger partial charge in [0, 0.05) is 18.7 Å². The highest BCUT2D eigenvalue weighted by atomic mass is 35.5. The van der Waals surface area contributed by atoms with E-state index in [-0.39, 0.29) is 15.6 Å². The highest BCUT2D eigenvalue weighted by Gasteiger charge is 2.36. The summed E-state index contributed by atoms with van der Waals surface area (Å²) >= 11 is 11.5. The molecule has 0 radical (unpaired) electrons. The first-order chi connectivity index (χ1) is 9.50. The number of aliphatic carboxylic acids is 1. The molecule has 0 aliphatic carbocycles. The van der Waals surface area contributed by atoms with Gasteiger partial charge in [0.2, 0.25) is 0 Å². The molecule has 9 heteroatoms. The average molecular weight is 335 g/mol. The van der Waals surface area contributed by atoms with E-state index < -0.39 is 28.0 Å². The summed E-state index contributed by atoms with van der Waals surface area (Å²) in [6.45, 7) is 2.67. The summed E-state index contributed by atoms with van der Waals surface area (Å²) < 4.78 is 0. The second-order valence-corrected chi connectivity index (χ2v) is 5.56. The number of benzene rings is 1. The van der Waals surface area contributed by atoms with Crippen LogP contribution < -0.4 is 0 Å². The SMILES string of the molecule is CN(C(=O)c1cc(Cl)c(Cl)c([N+](=O)[O-])c1)C(C)(C)C(=O)O. The Balaban J connectivity index is 3.32. The van der Waals surface area contributed by atoms with Crippen molar-refractivity contribution in [2.24, 2.45) is 0 Å². The Morgan fingerprint density at radius 1 is 1.33 bits per heavy atom. The van der Waals surface area contributed by atoms with Gasteiger partial charge in [-0.2, -0.15) is 0 Å². The van der Waals surface area contributed by atoms with Crippen LogP contribution in [0.4, 0.5) is 5.69 Å². The number of hydrogen-bond acceptors (Lipinski definition) is 4. The minimum atomic E-state index is -1.49. The lowest BCUT2D eigenvalue weighted by Gasteiger charge is -2.31. The number of nitro groups is 1. The zero-order valence-corrected chi connectivity index (χ0v) is 12.9. The monoisotopic (exact) mass is 334 g/mol. The van der Waals surface area contributed by atoms with Crippen LogP contribution in [-0.4, -0.2) is 39.4 Å². The van der Waals surface area contributed by atoms with Crippen molar-refractivity contribution in [2.45, 2.75) is 19.4 Å². The Morgan fingerprint density at radius 2 is 1.86 bits per heavy atom. The molecule has 0 aliphatic rings. The normalized spacial score (nSPS) is 11.1. The van der Waals surface area contributed by atoms with Crippen LogP contribution in [0.2, 0.25) is 10.0 Å². The average Bonchev–Trinajstić information content (AvgIpc) is 2.39. The molecule has 0 saturated carbocycles. The zero-order valence-electron chi connectivity index (χ0n) is 11.4. The number of likely N-dealkylation sites (N-methyl/N-ethyl adjacent to an activating group) is 1. The fourth-order valence-electron chi connectivity index (χ4n) is 1.42. The van der Waals surface area contributed by atoms with Gasteiger partial charge in [0.15, 0.2) is 0 Å². The predicted octanol–water partition coefficient (Wildman–Crippen LogP) is 2.84. The molecule has 0 fully saturated rings. The summed E-state index contributed by atoms with van der Waals surface area (Å²) in [6.07, 6.45) is 0. The Kier molecular flexibility index (Phi) is 4.80. The van der Waals surface area contributed by atoms with E-state index in [4.69, 9.17) is 28.3 Å². The molecule has 0 atom stereocenters. The number of nitrogens with zero attached hydrogens (tertiary/aromatic N) is 2. The first-order valence-corrected chi connectivity index (χ1v) is 6.40. The molecule has 0 aromatic heterocycles. The van der Waals surface area contributed by atoms with Gasteiger partial charge in [-0.05, 0) is 19.9 Å². The van der Waals surface area contributed by atoms with Crippen molar-refractivity contribution in [3.63, 3.8) is 0 Å². The summed E-state index contributed by atoms with van der Waals surface area (Å²) in [6, 6.07) is 2.12. The first kappa shape index (κ1) is 17.2. The lowest BCUT2D eigenvalue weighted by Crippen LogP contribution is -2.50. The number of amides is 1. The largest absolute Gasteiger partial charge is 0.480 e. The smallest absolute Gasteiger partial charge is 0.329 e. The second kappa shape index (κ2) is 5.87. The lowest BCUT2D eigenvalue weighted by molar-refractivity contribution is -0.384. The van der Waals surface area contributed by atoms with Crippen molar-refractivity contribution in [1.82, 2.24) is 4.90 Å². The van der Waals surface area contributed by atoms with Gasteiger partial charge >= 0.3 is 5.97 Å². The molecular formula is C12H12Cl2N2O5. The number of halogens is 2. The molecule has 0 aliphatic heterocycles. The second-order valence-electron chi connectivity index (χ2n) is 4.78. The highest BCUT2D eigenvalue weighted by molar-refractivity contribution is 6.43. The van der Waals surface area contributed by atoms with Gasteiger partial charge in [-0.25, -0.2) is 4.79 Å². The first-order valence-electron chi connectivity index (χ1n) is 5.65. The molecule has 1 amide bonds. The standard InChI is InChI=1S/C12H12Cl2N2O5/c1-12(2,11(18)19)15(3)10(17)6-4-7(13)9(14)8(5-6)16(20)21/h4-5H,1-3H3,(H,18,19). The van der Waals surface area contributed by atoms with Gasteiger partial charge in [0.25, 0.3) is 11.6 Å². The summed E-state index contributed by atoms with van der Waals surface area (Å²) in [4.78, 5) is 34.5. The number of carboxylic acids is 1. The number of carbonyl (C=O) groups excluding carboxylic acids is 1. The zero-order chi connectivity index (χ0) is 16.5. The van der Waals surface area contributed by atoms with E-state index >= 15 is 0 Å². The predicted molar refractivity (Wildman–Crippen MR) is 76.9 cm³/mol. The number of hydrogen-bond donors (Lipinski definition) is 1. The van der Waals surface area contributed by atoms with Crippen LogP contribution in [0.5, 0.6) is 0 Å². The van der Waals surface area contributed by atoms with Crippen molar-refractivity contribution >= 4 is 40.8 Å². The van der Waals surface area contributed by atoms with E-state index in [1.807, 2.05) is 0 Å². The Morgan fingerprint density at radius 3 is 2.29 bits per heavy atom. The maximum atomic E-state index is 12.3. The van der Waals surface area contributed by atoms with Crippen LogP contribution in [0.1, 0.15) is 24.2 Å². The third-order valence-electron chi connectivity index (χ3n) is 3.12. The van der Waals surface area contributed by atoms with E-state index in [9.17, 15) is 19.7 Å². The van der Waals surface area contributed by atoms with Gasteiger partial charge < -0.3 is 10.0 Å². The molecular weight excluding hydrogens is 323 g/mol. The molecule has 0 bridgehead atoms. The van der Waals surface area contributed by atoms with Crippen molar-refractivity contribution < 1.29 is 19.6 Å². The van der Waals surface area contributed by atoms with Crippen molar-refractivity contribution in [3.05, 3.63) is 37.9 Å². The van der Waals surface area contributed by atoms with Gasteiger partial charge in [-0.15, -0.1) is 0 Å². The minimum absolute atomic E-state index is 0.118. The number of nitro benzene ring substituents is 1. The minimum Gasteiger partial charge on any atom is -0.480 e. The van der Waals surface area contributed by atoms with Crippen molar-refractivity contribution in [1.29, 1.82) is 0 Å². The maximum absolute atomic E-state index is 12.3. The fraction of sp³-hybridized carbons (Fsp3) is 0.333. The van der Waals surface area contributed by atoms with E-state index in [0.29, 0.717) is 0 Å². The van der Waals surface area contributed by atoms with Gasteiger partial charge in [-0.3, -0.25) is 14.9 Å². The third kappa shape index (κ3) is 3.25. The third-order valence-corrected chi connectivity index (χ3v) is 3.91. The van der Waals surface area contributed by atoms with E-state index in [0.717, 1.165) is 17.0 Å². The van der Waals surface area contributed by atoms with E-state index in [2.05, 4.69) is 0 Å². The van der Waals surface area contributed by atoms with Crippen molar-refractivity contribution in [3.8, 4) is 0 Å². The molecule has 1 N–H and O–H groups in total. The summed E-state index contributed by atoms with van der Waals surface area (Å²) in [5, 5.41) is 19.5. The van der Waals surface area contributed by atoms with Crippen molar-refractivity contribution in [2.75, 3.05) is 7.05 Å². The maximum Gasteiger partial charge on any atom is 0.329 e. The molecule has 0 spiro atoms. The van der Waals surface area contributed by atoms with Gasteiger partial charge in [0.1, 0.15) is 10.6 Å². The summed E-state index contributed by atoms with van der Waals surface area (Å²) in [7, 11) is 1.28. The molecule has 21 heavy (non-hydrogen) atoms. The number of carboxylic acid groups (broad SMARTS) is 1. The molecule has 0 unspecified atom stereocenters. The lowest BCUT2D eigenvalue weighted by atomic mass is 10.0. The van der Waals surface area contributed by atoms with Crippen LogP contribution in [0.15, 0.2) is 12.1 Å². The molecule has 0 heterocycles. The molecule has 0 saturated heterocycles. The Labute approximate surface area is 130 Å². The summed E-state index contributed by atoms with van der Waals surface area (Å²) in [5.41, 5.74) is -2.13. The topological polar surface area (TPSA) is 101 Å². The molecule has 1 aromatic rings. The van der Waals surface area contributed by atoms with Crippen LogP contribution in [-0.2, 0) is 4.79 Å². The number of carbonyl (C=O) groups is 2. The van der Waals surface area contributed by atoms with E-state index in [1.165, 1.54) is 20.9 Å². The molecule has 1 rings (SSSR count). The Bertz CT molecular complexity index is 630. The van der Waals surface area contributed by atoms with E-state index in [1.54, 1.807) is 0 Å². The molecule has 7 nitrogen and oxygen atoms in total. The highest BCUT2D eigenvalue weighted by Crippen LogP contribution is 2.33. The quantitative estimate of drug-likeness (QED) is 0.673. The molecule has 114 valence electrons.